The van der Waals surface area contributed by atoms with Crippen LogP contribution >= 0.6 is 15.9 Å². The molecule has 1 nitrogen and oxygen atoms in total. The normalized spacial score (nSPS) is 10.3. The van der Waals surface area contributed by atoms with Crippen molar-refractivity contribution in [1.29, 1.82) is 0 Å². The minimum absolute atomic E-state index is 0.131. The lowest BCUT2D eigenvalue weighted by molar-refractivity contribution is 0.475. The fourth-order valence-corrected chi connectivity index (χ4v) is 1.77. The Morgan fingerprint density at radius 3 is 2.53 bits per heavy atom. The van der Waals surface area contributed by atoms with Gasteiger partial charge >= 0.3 is 0 Å². The number of hydrogen-bond donors (Lipinski definition) is 1. The van der Waals surface area contributed by atoms with Crippen molar-refractivity contribution >= 4 is 15.9 Å². The molecule has 0 aromatic heterocycles. The van der Waals surface area contributed by atoms with Crippen LogP contribution in [0, 0.1) is 5.82 Å². The molecule has 0 amide bonds. The molecule has 76 valence electrons. The second-order valence-corrected chi connectivity index (χ2v) is 4.01. The Morgan fingerprint density at radius 2 is 1.80 bits per heavy atom. The number of phenols is 1. The molecule has 2 aromatic rings. The molecule has 0 spiro atoms. The summed E-state index contributed by atoms with van der Waals surface area (Å²) >= 11 is 3.12. The first-order chi connectivity index (χ1) is 7.18. The van der Waals surface area contributed by atoms with Crippen LogP contribution in [-0.4, -0.2) is 5.11 Å². The van der Waals surface area contributed by atoms with Crippen molar-refractivity contribution in [1.82, 2.24) is 0 Å². The molecule has 3 heteroatoms. The molecule has 1 N–H and O–H groups in total. The Morgan fingerprint density at radius 1 is 1.07 bits per heavy atom. The first-order valence-corrected chi connectivity index (χ1v) is 5.21. The van der Waals surface area contributed by atoms with E-state index in [2.05, 4.69) is 15.9 Å². The van der Waals surface area contributed by atoms with Gasteiger partial charge in [-0.25, -0.2) is 4.39 Å². The van der Waals surface area contributed by atoms with Crippen molar-refractivity contribution in [2.45, 2.75) is 0 Å². The van der Waals surface area contributed by atoms with E-state index in [4.69, 9.17) is 0 Å². The maximum Gasteiger partial charge on any atom is 0.145 e. The van der Waals surface area contributed by atoms with Crippen molar-refractivity contribution in [2.24, 2.45) is 0 Å². The summed E-state index contributed by atoms with van der Waals surface area (Å²) in [4.78, 5) is 0. The number of aromatic hydroxyl groups is 1. The van der Waals surface area contributed by atoms with Crippen molar-refractivity contribution in [3.05, 3.63) is 52.8 Å². The van der Waals surface area contributed by atoms with Crippen LogP contribution in [0.3, 0.4) is 0 Å². The van der Waals surface area contributed by atoms with Crippen LogP contribution in [-0.2, 0) is 0 Å². The lowest BCUT2D eigenvalue weighted by Gasteiger charge is -2.05. The molecule has 0 heterocycles. The molecule has 0 bridgehead atoms. The summed E-state index contributed by atoms with van der Waals surface area (Å²) in [6, 6.07) is 11.6. The summed E-state index contributed by atoms with van der Waals surface area (Å²) < 4.78 is 14.1. The van der Waals surface area contributed by atoms with E-state index in [1.165, 1.54) is 6.07 Å². The van der Waals surface area contributed by atoms with E-state index in [0.717, 1.165) is 0 Å². The zero-order chi connectivity index (χ0) is 10.8. The van der Waals surface area contributed by atoms with Crippen LogP contribution < -0.4 is 0 Å². The van der Waals surface area contributed by atoms with Crippen molar-refractivity contribution in [3.8, 4) is 16.9 Å². The summed E-state index contributed by atoms with van der Waals surface area (Å²) in [6.45, 7) is 0. The third kappa shape index (κ3) is 2.02. The second kappa shape index (κ2) is 4.03. The third-order valence-electron chi connectivity index (χ3n) is 2.11. The average Bonchev–Trinajstić information content (AvgIpc) is 2.22. The van der Waals surface area contributed by atoms with E-state index in [0.29, 0.717) is 15.6 Å². The largest absolute Gasteiger partial charge is 0.508 e. The van der Waals surface area contributed by atoms with Gasteiger partial charge in [-0.2, -0.15) is 0 Å². The first kappa shape index (κ1) is 10.2. The molecule has 0 fully saturated rings. The number of benzene rings is 2. The van der Waals surface area contributed by atoms with Gasteiger partial charge < -0.3 is 5.11 Å². The summed E-state index contributed by atoms with van der Waals surface area (Å²) in [5.74, 6) is -0.185. The van der Waals surface area contributed by atoms with Gasteiger partial charge in [0.1, 0.15) is 11.6 Å². The van der Waals surface area contributed by atoms with Gasteiger partial charge in [0.15, 0.2) is 0 Å². The van der Waals surface area contributed by atoms with E-state index >= 15 is 0 Å². The lowest BCUT2D eigenvalue weighted by atomic mass is 10.1. The SMILES string of the molecule is Oc1cccc(-c2cccc(Br)c2F)c1. The number of phenolic OH excluding ortho intramolecular Hbond substituents is 1. The van der Waals surface area contributed by atoms with Crippen LogP contribution in [0.1, 0.15) is 0 Å². The predicted octanol–water partition coefficient (Wildman–Crippen LogP) is 3.96. The monoisotopic (exact) mass is 266 g/mol. The summed E-state index contributed by atoms with van der Waals surface area (Å²) in [5, 5.41) is 9.30. The van der Waals surface area contributed by atoms with Gasteiger partial charge in [0, 0.05) is 5.56 Å². The van der Waals surface area contributed by atoms with Gasteiger partial charge in [-0.15, -0.1) is 0 Å². The minimum Gasteiger partial charge on any atom is -0.508 e. The molecular formula is C12H8BrFO. The number of halogens is 2. The Hall–Kier alpha value is -1.35. The van der Waals surface area contributed by atoms with Crippen molar-refractivity contribution < 1.29 is 9.50 Å². The highest BCUT2D eigenvalue weighted by molar-refractivity contribution is 9.10. The van der Waals surface area contributed by atoms with Gasteiger partial charge in [0.25, 0.3) is 0 Å². The van der Waals surface area contributed by atoms with Gasteiger partial charge in [0.05, 0.1) is 4.47 Å². The Bertz CT molecular complexity index is 497. The summed E-state index contributed by atoms with van der Waals surface area (Å²) in [7, 11) is 0. The van der Waals surface area contributed by atoms with Crippen LogP contribution in [0.5, 0.6) is 5.75 Å². The zero-order valence-corrected chi connectivity index (χ0v) is 9.33. The molecule has 0 saturated carbocycles. The van der Waals surface area contributed by atoms with Crippen LogP contribution in [0.2, 0.25) is 0 Å². The molecule has 0 aliphatic rings. The molecule has 0 aliphatic heterocycles. The van der Waals surface area contributed by atoms with Crippen LogP contribution in [0.15, 0.2) is 46.9 Å². The Kier molecular flexibility index (Phi) is 2.73. The van der Waals surface area contributed by atoms with Crippen LogP contribution in [0.25, 0.3) is 11.1 Å². The smallest absolute Gasteiger partial charge is 0.145 e. The predicted molar refractivity (Wildman–Crippen MR) is 61.2 cm³/mol. The van der Waals surface area contributed by atoms with E-state index in [9.17, 15) is 9.50 Å². The van der Waals surface area contributed by atoms with E-state index in [1.807, 2.05) is 0 Å². The molecule has 2 aromatic carbocycles. The minimum atomic E-state index is -0.317. The maximum atomic E-state index is 13.7. The molecule has 0 aliphatic carbocycles. The van der Waals surface area contributed by atoms with Gasteiger partial charge in [-0.1, -0.05) is 24.3 Å². The Labute approximate surface area is 95.3 Å². The van der Waals surface area contributed by atoms with Gasteiger partial charge in [-0.3, -0.25) is 0 Å². The topological polar surface area (TPSA) is 20.2 Å². The highest BCUT2D eigenvalue weighted by Crippen LogP contribution is 2.29. The zero-order valence-electron chi connectivity index (χ0n) is 7.74. The first-order valence-electron chi connectivity index (χ1n) is 4.42. The standard InChI is InChI=1S/C12H8BrFO/c13-11-6-2-5-10(12(11)14)8-3-1-4-9(15)7-8/h1-7,15H. The van der Waals surface area contributed by atoms with E-state index < -0.39 is 0 Å². The lowest BCUT2D eigenvalue weighted by Crippen LogP contribution is -1.85. The maximum absolute atomic E-state index is 13.7. The molecule has 0 radical (unpaired) electrons. The molecule has 15 heavy (non-hydrogen) atoms. The number of hydrogen-bond acceptors (Lipinski definition) is 1. The van der Waals surface area contributed by atoms with E-state index in [1.54, 1.807) is 36.4 Å². The third-order valence-corrected chi connectivity index (χ3v) is 2.72. The van der Waals surface area contributed by atoms with E-state index in [-0.39, 0.29) is 11.6 Å². The summed E-state index contributed by atoms with van der Waals surface area (Å²) in [6.07, 6.45) is 0. The molecule has 0 atom stereocenters. The van der Waals surface area contributed by atoms with Crippen LogP contribution in [0.4, 0.5) is 4.39 Å². The van der Waals surface area contributed by atoms with Crippen molar-refractivity contribution in [2.75, 3.05) is 0 Å². The number of rotatable bonds is 1. The average molecular weight is 267 g/mol. The fraction of sp³-hybridized carbons (Fsp3) is 0. The van der Waals surface area contributed by atoms with Gasteiger partial charge in [0.2, 0.25) is 0 Å². The molecular weight excluding hydrogens is 259 g/mol. The highest BCUT2D eigenvalue weighted by atomic mass is 79.9. The van der Waals surface area contributed by atoms with Crippen molar-refractivity contribution in [3.63, 3.8) is 0 Å². The highest BCUT2D eigenvalue weighted by Gasteiger charge is 2.07. The molecule has 2 rings (SSSR count). The Balaban J connectivity index is 2.59. The quantitative estimate of drug-likeness (QED) is 0.829. The van der Waals surface area contributed by atoms with Gasteiger partial charge in [-0.05, 0) is 39.7 Å². The fourth-order valence-electron chi connectivity index (χ4n) is 1.40. The summed E-state index contributed by atoms with van der Waals surface area (Å²) in [5.41, 5.74) is 1.13. The molecule has 0 unspecified atom stereocenters. The second-order valence-electron chi connectivity index (χ2n) is 3.15. The molecule has 0 saturated heterocycles.